The molecule has 4 nitrogen and oxygen atoms in total. The Morgan fingerprint density at radius 2 is 2.05 bits per heavy atom. The largest absolute Gasteiger partial charge is 0.497 e. The Bertz CT molecular complexity index is 616. The van der Waals surface area contributed by atoms with Gasteiger partial charge in [-0.2, -0.15) is 0 Å². The van der Waals surface area contributed by atoms with Crippen LogP contribution < -0.4 is 10.5 Å². The molecule has 4 heteroatoms. The maximum atomic E-state index is 6.07. The molecular formula is C17H22N2O2. The van der Waals surface area contributed by atoms with Gasteiger partial charge in [0.2, 0.25) is 0 Å². The molecule has 2 atom stereocenters. The summed E-state index contributed by atoms with van der Waals surface area (Å²) >= 11 is 0. The van der Waals surface area contributed by atoms with E-state index in [2.05, 4.69) is 19.0 Å². The number of nitrogens with zero attached hydrogens (tertiary/aromatic N) is 1. The van der Waals surface area contributed by atoms with Gasteiger partial charge < -0.3 is 15.0 Å². The van der Waals surface area contributed by atoms with Crippen molar-refractivity contribution in [2.24, 2.45) is 17.1 Å². The normalized spacial score (nSPS) is 23.6. The first-order chi connectivity index (χ1) is 10.0. The third-order valence-electron chi connectivity index (χ3n) is 4.94. The molecule has 0 saturated heterocycles. The summed E-state index contributed by atoms with van der Waals surface area (Å²) in [4.78, 5) is 0. The van der Waals surface area contributed by atoms with Gasteiger partial charge >= 0.3 is 0 Å². The summed E-state index contributed by atoms with van der Waals surface area (Å²) in [5, 5.41) is 4.20. The first-order valence-corrected chi connectivity index (χ1v) is 7.36. The summed E-state index contributed by atoms with van der Waals surface area (Å²) in [5.41, 5.74) is 8.28. The third-order valence-corrected chi connectivity index (χ3v) is 4.94. The second kappa shape index (κ2) is 5.19. The first kappa shape index (κ1) is 14.1. The Morgan fingerprint density at radius 1 is 1.33 bits per heavy atom. The Balaban J connectivity index is 1.71. The van der Waals surface area contributed by atoms with Crippen LogP contribution in [0.5, 0.6) is 5.75 Å². The number of rotatable bonds is 4. The van der Waals surface area contributed by atoms with Crippen LogP contribution in [-0.2, 0) is 6.42 Å². The first-order valence-electron chi connectivity index (χ1n) is 7.36. The van der Waals surface area contributed by atoms with Gasteiger partial charge in [0.15, 0.2) is 5.76 Å². The molecule has 1 heterocycles. The fourth-order valence-electron chi connectivity index (χ4n) is 2.95. The number of benzene rings is 1. The van der Waals surface area contributed by atoms with Gasteiger partial charge in [-0.1, -0.05) is 19.0 Å². The Hall–Kier alpha value is -1.81. The molecule has 1 aliphatic rings. The molecule has 2 aromatic rings. The molecular weight excluding hydrogens is 264 g/mol. The van der Waals surface area contributed by atoms with Gasteiger partial charge in [0.05, 0.1) is 12.8 Å². The van der Waals surface area contributed by atoms with Crippen molar-refractivity contribution in [1.29, 1.82) is 0 Å². The van der Waals surface area contributed by atoms with Crippen molar-refractivity contribution >= 4 is 0 Å². The molecule has 0 bridgehead atoms. The Labute approximate surface area is 125 Å². The number of nitrogens with two attached hydrogens (primary N) is 1. The fraction of sp³-hybridized carbons (Fsp3) is 0.471. The summed E-state index contributed by atoms with van der Waals surface area (Å²) in [6, 6.07) is 10.1. The van der Waals surface area contributed by atoms with Crippen LogP contribution >= 0.6 is 0 Å². The topological polar surface area (TPSA) is 61.3 Å². The van der Waals surface area contributed by atoms with Crippen molar-refractivity contribution in [2.45, 2.75) is 32.7 Å². The van der Waals surface area contributed by atoms with Crippen molar-refractivity contribution in [3.8, 4) is 17.1 Å². The van der Waals surface area contributed by atoms with Crippen LogP contribution in [-0.4, -0.2) is 18.3 Å². The van der Waals surface area contributed by atoms with Gasteiger partial charge in [-0.15, -0.1) is 0 Å². The van der Waals surface area contributed by atoms with E-state index in [0.717, 1.165) is 35.6 Å². The minimum Gasteiger partial charge on any atom is -0.497 e. The third kappa shape index (κ3) is 2.56. The lowest BCUT2D eigenvalue weighted by molar-refractivity contribution is 0.0370. The molecule has 2 N–H and O–H groups in total. The highest BCUT2D eigenvalue weighted by molar-refractivity contribution is 5.58. The van der Waals surface area contributed by atoms with Gasteiger partial charge in [0, 0.05) is 17.7 Å². The number of methoxy groups -OCH3 is 1. The molecule has 0 radical (unpaired) electrons. The van der Waals surface area contributed by atoms with Crippen LogP contribution in [0.15, 0.2) is 34.9 Å². The van der Waals surface area contributed by atoms with Crippen LogP contribution in [0.3, 0.4) is 0 Å². The maximum Gasteiger partial charge on any atom is 0.167 e. The summed E-state index contributed by atoms with van der Waals surface area (Å²) in [6.07, 6.45) is 2.00. The lowest BCUT2D eigenvalue weighted by Crippen LogP contribution is -2.55. The molecule has 3 rings (SSSR count). The van der Waals surface area contributed by atoms with Gasteiger partial charge in [-0.05, 0) is 48.4 Å². The van der Waals surface area contributed by atoms with Crippen molar-refractivity contribution in [2.75, 3.05) is 7.11 Å². The predicted octanol–water partition coefficient (Wildman–Crippen LogP) is 3.27. The van der Waals surface area contributed by atoms with Crippen LogP contribution in [0.25, 0.3) is 11.3 Å². The van der Waals surface area contributed by atoms with Gasteiger partial charge in [0.25, 0.3) is 0 Å². The summed E-state index contributed by atoms with van der Waals surface area (Å²) in [6.45, 7) is 4.46. The monoisotopic (exact) mass is 286 g/mol. The molecule has 1 saturated carbocycles. The molecule has 1 aromatic heterocycles. The number of hydrogen-bond acceptors (Lipinski definition) is 4. The predicted molar refractivity (Wildman–Crippen MR) is 82.1 cm³/mol. The highest BCUT2D eigenvalue weighted by Gasteiger charge is 2.45. The van der Waals surface area contributed by atoms with E-state index in [1.165, 1.54) is 0 Å². The van der Waals surface area contributed by atoms with Crippen molar-refractivity contribution in [3.05, 3.63) is 36.0 Å². The minimum atomic E-state index is 0.194. The molecule has 0 spiro atoms. The van der Waals surface area contributed by atoms with Gasteiger partial charge in [-0.25, -0.2) is 0 Å². The molecule has 0 amide bonds. The van der Waals surface area contributed by atoms with E-state index in [-0.39, 0.29) is 5.41 Å². The summed E-state index contributed by atoms with van der Waals surface area (Å²) < 4.78 is 10.6. The lowest BCUT2D eigenvalue weighted by atomic mass is 9.57. The quantitative estimate of drug-likeness (QED) is 0.937. The minimum absolute atomic E-state index is 0.194. The maximum absolute atomic E-state index is 6.07. The fourth-order valence-corrected chi connectivity index (χ4v) is 2.95. The van der Waals surface area contributed by atoms with Crippen molar-refractivity contribution in [1.82, 2.24) is 5.16 Å². The SMILES string of the molecule is COc1ccc(-c2cc(CC3CC(N)C3(C)C)no2)cc1. The standard InChI is InChI=1S/C17H22N2O2/c1-17(2)12(9-16(17)18)8-13-10-15(21-19-13)11-4-6-14(20-3)7-5-11/h4-7,10,12,16H,8-9,18H2,1-3H3. The van der Waals surface area contributed by atoms with Crippen LogP contribution in [0.1, 0.15) is 26.0 Å². The molecule has 0 aliphatic heterocycles. The highest BCUT2D eigenvalue weighted by Crippen LogP contribution is 2.46. The van der Waals surface area contributed by atoms with Gasteiger partial charge in [-0.3, -0.25) is 0 Å². The molecule has 112 valence electrons. The summed E-state index contributed by atoms with van der Waals surface area (Å²) in [7, 11) is 1.66. The number of aromatic nitrogens is 1. The van der Waals surface area contributed by atoms with Gasteiger partial charge in [0.1, 0.15) is 5.75 Å². The van der Waals surface area contributed by atoms with E-state index >= 15 is 0 Å². The second-order valence-corrected chi connectivity index (χ2v) is 6.48. The molecule has 1 aromatic carbocycles. The van der Waals surface area contributed by atoms with Crippen molar-refractivity contribution < 1.29 is 9.26 Å². The Morgan fingerprint density at radius 3 is 2.62 bits per heavy atom. The lowest BCUT2D eigenvalue weighted by Gasteiger charge is -2.50. The van der Waals surface area contributed by atoms with Crippen molar-refractivity contribution in [3.63, 3.8) is 0 Å². The summed E-state index contributed by atoms with van der Waals surface area (Å²) in [5.74, 6) is 2.22. The van der Waals surface area contributed by atoms with E-state index in [1.54, 1.807) is 7.11 Å². The zero-order valence-electron chi connectivity index (χ0n) is 12.8. The van der Waals surface area contributed by atoms with Crippen LogP contribution in [0.4, 0.5) is 0 Å². The Kier molecular flexibility index (Phi) is 3.49. The average Bonchev–Trinajstić information content (AvgIpc) is 2.96. The average molecular weight is 286 g/mol. The zero-order chi connectivity index (χ0) is 15.0. The number of ether oxygens (including phenoxy) is 1. The number of hydrogen-bond donors (Lipinski definition) is 1. The smallest absolute Gasteiger partial charge is 0.167 e. The molecule has 21 heavy (non-hydrogen) atoms. The van der Waals surface area contributed by atoms with E-state index in [4.69, 9.17) is 15.0 Å². The van der Waals surface area contributed by atoms with E-state index in [1.807, 2.05) is 30.3 Å². The van der Waals surface area contributed by atoms with E-state index in [0.29, 0.717) is 12.0 Å². The highest BCUT2D eigenvalue weighted by atomic mass is 16.5. The molecule has 2 unspecified atom stereocenters. The van der Waals surface area contributed by atoms with Crippen LogP contribution in [0.2, 0.25) is 0 Å². The second-order valence-electron chi connectivity index (χ2n) is 6.48. The molecule has 1 fully saturated rings. The molecule has 1 aliphatic carbocycles. The van der Waals surface area contributed by atoms with Crippen LogP contribution in [0, 0.1) is 11.3 Å². The van der Waals surface area contributed by atoms with E-state index < -0.39 is 0 Å². The zero-order valence-corrected chi connectivity index (χ0v) is 12.8. The van der Waals surface area contributed by atoms with E-state index in [9.17, 15) is 0 Å².